The summed E-state index contributed by atoms with van der Waals surface area (Å²) in [5.74, 6) is -0.0158. The highest BCUT2D eigenvalue weighted by Crippen LogP contribution is 2.35. The molecule has 0 saturated carbocycles. The van der Waals surface area contributed by atoms with Crippen LogP contribution in [0.3, 0.4) is 0 Å². The van der Waals surface area contributed by atoms with E-state index in [4.69, 9.17) is 43.8 Å². The molecule has 1 saturated heterocycles. The van der Waals surface area contributed by atoms with Crippen molar-refractivity contribution in [2.75, 3.05) is 39.5 Å². The van der Waals surface area contributed by atoms with Crippen LogP contribution in [0.1, 0.15) is 18.6 Å². The summed E-state index contributed by atoms with van der Waals surface area (Å²) in [6.45, 7) is 6.49. The predicted molar refractivity (Wildman–Crippen MR) is 151 cm³/mol. The van der Waals surface area contributed by atoms with E-state index < -0.39 is 18.1 Å². The fourth-order valence-electron chi connectivity index (χ4n) is 4.62. The quantitative estimate of drug-likeness (QED) is 0.398. The van der Waals surface area contributed by atoms with Gasteiger partial charge in [0.25, 0.3) is 0 Å². The Morgan fingerprint density at radius 1 is 1.24 bits per heavy atom. The fourth-order valence-corrected chi connectivity index (χ4v) is 5.23. The number of nitrogens with zero attached hydrogens (tertiary/aromatic N) is 3. The van der Waals surface area contributed by atoms with Crippen molar-refractivity contribution >= 4 is 51.3 Å². The van der Waals surface area contributed by atoms with E-state index in [1.54, 1.807) is 12.4 Å². The SMILES string of the molecule is C[C@@H](OC1C=C(n2cnc3ccccc32)C=C(C(N)=O)C1=S)c1cccc(OCCN2CCOCC2)c1Cl. The van der Waals surface area contributed by atoms with Crippen molar-refractivity contribution in [1.82, 2.24) is 14.5 Å². The fraction of sp³-hybridized carbons (Fsp3) is 0.321. The number of hydrogen-bond acceptors (Lipinski definition) is 7. The van der Waals surface area contributed by atoms with Crippen LogP contribution in [0.15, 0.2) is 66.5 Å². The summed E-state index contributed by atoms with van der Waals surface area (Å²) in [5, 5.41) is 0.485. The van der Waals surface area contributed by atoms with Crippen LogP contribution in [-0.4, -0.2) is 70.8 Å². The first-order chi connectivity index (χ1) is 18.4. The number of fused-ring (bicyclic) bond motifs is 1. The molecule has 2 aliphatic rings. The first kappa shape index (κ1) is 26.5. The number of morpholine rings is 1. The van der Waals surface area contributed by atoms with E-state index in [2.05, 4.69) is 9.88 Å². The molecule has 198 valence electrons. The maximum Gasteiger partial charge on any atom is 0.250 e. The number of carbonyl (C=O) groups is 1. The number of amides is 1. The van der Waals surface area contributed by atoms with Crippen LogP contribution >= 0.6 is 23.8 Å². The van der Waals surface area contributed by atoms with Gasteiger partial charge in [0.2, 0.25) is 5.91 Å². The number of primary amides is 1. The second-order valence-corrected chi connectivity index (χ2v) is 9.96. The molecule has 1 aliphatic carbocycles. The minimum atomic E-state index is -0.675. The van der Waals surface area contributed by atoms with E-state index in [0.717, 1.165) is 49.4 Å². The molecule has 2 N–H and O–H groups in total. The summed E-state index contributed by atoms with van der Waals surface area (Å²) in [7, 11) is 0. The Bertz CT molecular complexity index is 1410. The molecule has 38 heavy (non-hydrogen) atoms. The third kappa shape index (κ3) is 5.67. The number of aromatic nitrogens is 2. The van der Waals surface area contributed by atoms with Crippen molar-refractivity contribution in [3.05, 3.63) is 77.1 Å². The average Bonchev–Trinajstić information content (AvgIpc) is 3.35. The molecule has 1 amide bonds. The number of imidazole rings is 1. The largest absolute Gasteiger partial charge is 0.491 e. The molecule has 2 heterocycles. The summed E-state index contributed by atoms with van der Waals surface area (Å²) >= 11 is 12.4. The van der Waals surface area contributed by atoms with Crippen molar-refractivity contribution < 1.29 is 19.0 Å². The Kier molecular flexibility index (Phi) is 8.21. The zero-order valence-electron chi connectivity index (χ0n) is 21.0. The van der Waals surface area contributed by atoms with Crippen LogP contribution in [0.5, 0.6) is 5.75 Å². The Morgan fingerprint density at radius 2 is 2.03 bits per heavy atom. The molecule has 0 spiro atoms. The van der Waals surface area contributed by atoms with Crippen LogP contribution in [0.4, 0.5) is 0 Å². The molecule has 10 heteroatoms. The van der Waals surface area contributed by atoms with Gasteiger partial charge in [-0.15, -0.1) is 0 Å². The van der Waals surface area contributed by atoms with Crippen molar-refractivity contribution in [3.63, 3.8) is 0 Å². The van der Waals surface area contributed by atoms with E-state index >= 15 is 0 Å². The summed E-state index contributed by atoms with van der Waals surface area (Å²) < 4.78 is 19.7. The number of benzene rings is 2. The Morgan fingerprint density at radius 3 is 2.82 bits per heavy atom. The Balaban J connectivity index is 1.34. The van der Waals surface area contributed by atoms with Gasteiger partial charge in [-0.25, -0.2) is 4.98 Å². The topological polar surface area (TPSA) is 91.8 Å². The van der Waals surface area contributed by atoms with Gasteiger partial charge in [-0.05, 0) is 37.3 Å². The van der Waals surface area contributed by atoms with Gasteiger partial charge in [0, 0.05) is 30.9 Å². The van der Waals surface area contributed by atoms with E-state index in [1.807, 2.05) is 60.0 Å². The van der Waals surface area contributed by atoms with Gasteiger partial charge in [-0.3, -0.25) is 14.3 Å². The van der Waals surface area contributed by atoms with Gasteiger partial charge in [-0.1, -0.05) is 48.1 Å². The molecule has 1 aromatic heterocycles. The molecule has 0 radical (unpaired) electrons. The maximum atomic E-state index is 12.3. The monoisotopic (exact) mass is 552 g/mol. The smallest absolute Gasteiger partial charge is 0.250 e. The lowest BCUT2D eigenvalue weighted by Crippen LogP contribution is -2.38. The number of para-hydroxylation sites is 2. The molecule has 1 unspecified atom stereocenters. The third-order valence-corrected chi connectivity index (χ3v) is 7.54. The van der Waals surface area contributed by atoms with E-state index in [9.17, 15) is 4.79 Å². The highest BCUT2D eigenvalue weighted by atomic mass is 35.5. The van der Waals surface area contributed by atoms with Crippen molar-refractivity contribution in [2.45, 2.75) is 19.1 Å². The average molecular weight is 553 g/mol. The summed E-state index contributed by atoms with van der Waals surface area (Å²) in [5.41, 5.74) is 9.10. The number of carbonyl (C=O) groups excluding carboxylic acids is 1. The summed E-state index contributed by atoms with van der Waals surface area (Å²) in [6.07, 6.45) is 4.13. The van der Waals surface area contributed by atoms with Gasteiger partial charge >= 0.3 is 0 Å². The van der Waals surface area contributed by atoms with Crippen LogP contribution in [0, 0.1) is 0 Å². The number of rotatable bonds is 9. The minimum absolute atomic E-state index is 0.235. The molecule has 2 atom stereocenters. The number of allylic oxidation sites excluding steroid dienone is 2. The highest BCUT2D eigenvalue weighted by Gasteiger charge is 2.29. The minimum Gasteiger partial charge on any atom is -0.491 e. The van der Waals surface area contributed by atoms with Crippen LogP contribution in [0.25, 0.3) is 16.7 Å². The Hall–Kier alpha value is -3.08. The number of nitrogens with two attached hydrogens (primary N) is 1. The zero-order valence-corrected chi connectivity index (χ0v) is 22.6. The van der Waals surface area contributed by atoms with Gasteiger partial charge in [0.1, 0.15) is 24.8 Å². The standard InChI is InChI=1S/C28H29ClN4O4S/c1-18(20-5-4-8-24(26(20)29)36-14-11-32-9-12-35-13-10-32)37-25-16-19(15-21(27(25)38)28(30)34)33-17-31-22-6-2-3-7-23(22)33/h2-8,15-18,25H,9-14H2,1H3,(H2,30,34)/t18-,25?/m1/s1. The lowest BCUT2D eigenvalue weighted by atomic mass is 9.98. The van der Waals surface area contributed by atoms with E-state index in [1.165, 1.54) is 0 Å². The van der Waals surface area contributed by atoms with E-state index in [0.29, 0.717) is 27.9 Å². The van der Waals surface area contributed by atoms with Gasteiger partial charge in [0.15, 0.2) is 0 Å². The number of ether oxygens (including phenoxy) is 3. The van der Waals surface area contributed by atoms with Crippen molar-refractivity contribution in [2.24, 2.45) is 5.73 Å². The normalized spacial score (nSPS) is 19.2. The lowest BCUT2D eigenvalue weighted by Gasteiger charge is -2.27. The van der Waals surface area contributed by atoms with Crippen LogP contribution < -0.4 is 10.5 Å². The van der Waals surface area contributed by atoms with Gasteiger partial charge < -0.3 is 19.9 Å². The second kappa shape index (κ2) is 11.8. The molecular weight excluding hydrogens is 524 g/mol. The molecule has 1 fully saturated rings. The Labute approximate surface area is 231 Å². The molecular formula is C28H29ClN4O4S. The maximum absolute atomic E-state index is 12.3. The van der Waals surface area contributed by atoms with Gasteiger partial charge in [0.05, 0.1) is 45.8 Å². The van der Waals surface area contributed by atoms with E-state index in [-0.39, 0.29) is 5.57 Å². The van der Waals surface area contributed by atoms with Crippen molar-refractivity contribution in [1.29, 1.82) is 0 Å². The molecule has 8 nitrogen and oxygen atoms in total. The molecule has 3 aromatic rings. The predicted octanol–water partition coefficient (Wildman–Crippen LogP) is 4.18. The molecule has 2 aromatic carbocycles. The van der Waals surface area contributed by atoms with Crippen LogP contribution in [-0.2, 0) is 14.3 Å². The van der Waals surface area contributed by atoms with Crippen LogP contribution in [0.2, 0.25) is 5.02 Å². The summed E-state index contributed by atoms with van der Waals surface area (Å²) in [6, 6.07) is 13.4. The molecule has 0 bridgehead atoms. The number of halogens is 1. The summed E-state index contributed by atoms with van der Waals surface area (Å²) in [4.78, 5) is 19.3. The van der Waals surface area contributed by atoms with Crippen molar-refractivity contribution in [3.8, 4) is 5.75 Å². The number of thiocarbonyl (C=S) groups is 1. The zero-order chi connectivity index (χ0) is 26.6. The second-order valence-electron chi connectivity index (χ2n) is 9.14. The first-order valence-corrected chi connectivity index (χ1v) is 13.3. The molecule has 1 aliphatic heterocycles. The highest BCUT2D eigenvalue weighted by molar-refractivity contribution is 7.81. The lowest BCUT2D eigenvalue weighted by molar-refractivity contribution is -0.114. The first-order valence-electron chi connectivity index (χ1n) is 12.5. The molecule has 5 rings (SSSR count). The third-order valence-electron chi connectivity index (χ3n) is 6.69. The number of hydrogen-bond donors (Lipinski definition) is 1. The van der Waals surface area contributed by atoms with Gasteiger partial charge in [-0.2, -0.15) is 0 Å².